The van der Waals surface area contributed by atoms with Gasteiger partial charge in [0.25, 0.3) is 0 Å². The molecular formula is C59H78N8O9S. The van der Waals surface area contributed by atoms with Gasteiger partial charge < -0.3 is 41.7 Å². The molecule has 4 aromatic rings. The second-order valence-electron chi connectivity index (χ2n) is 23.1. The summed E-state index contributed by atoms with van der Waals surface area (Å²) in [6, 6.07) is 17.6. The maximum atomic E-state index is 14.3. The zero-order valence-corrected chi connectivity index (χ0v) is 46.7. The number of nitrogens with zero attached hydrogens (tertiary/aromatic N) is 3. The highest BCUT2D eigenvalue weighted by atomic mass is 32.1. The van der Waals surface area contributed by atoms with Crippen molar-refractivity contribution in [2.75, 3.05) is 11.4 Å². The van der Waals surface area contributed by atoms with Gasteiger partial charge in [0.1, 0.15) is 29.8 Å². The molecule has 77 heavy (non-hydrogen) atoms. The SMILES string of the molecule is Cc1ncsc1-c1ccc([C@H](C)NC(=O)[C@@H]2C[C@@H](O)CN2C(=O)[C@@H](NC(=O)CCCCCc2cccc(CC[C@H](CCC(N)=O)NC(=O)[C@@H]3Cc4cccc5c4N3C(=O)[C@@H](NC(=O)OC(C)(C)C)CC5)c2)C(C)(C)C)cc1. The molecule has 7 N–H and O–H groups in total. The molecule has 3 aliphatic heterocycles. The number of alkyl carbamates (subject to hydrolysis) is 1. The van der Waals surface area contributed by atoms with E-state index in [0.717, 1.165) is 63.2 Å². The number of benzene rings is 3. The van der Waals surface area contributed by atoms with Crippen molar-refractivity contribution in [3.05, 3.63) is 106 Å². The summed E-state index contributed by atoms with van der Waals surface area (Å²) in [5, 5.41) is 22.7. The largest absolute Gasteiger partial charge is 0.444 e. The van der Waals surface area contributed by atoms with Crippen LogP contribution < -0.4 is 31.9 Å². The summed E-state index contributed by atoms with van der Waals surface area (Å²) in [7, 11) is 0. The van der Waals surface area contributed by atoms with Crippen LogP contribution in [0.15, 0.2) is 72.2 Å². The van der Waals surface area contributed by atoms with E-state index < -0.39 is 65.2 Å². The third kappa shape index (κ3) is 15.3. The monoisotopic (exact) mass is 1070 g/mol. The highest BCUT2D eigenvalue weighted by Crippen LogP contribution is 2.39. The van der Waals surface area contributed by atoms with E-state index in [4.69, 9.17) is 10.5 Å². The summed E-state index contributed by atoms with van der Waals surface area (Å²) in [4.78, 5) is 103. The molecule has 0 aliphatic carbocycles. The molecule has 17 nitrogen and oxygen atoms in total. The number of aliphatic hydroxyl groups is 1. The number of para-hydroxylation sites is 1. The number of amides is 7. The minimum atomic E-state index is -0.920. The second-order valence-corrected chi connectivity index (χ2v) is 24.0. The Morgan fingerprint density at radius 3 is 2.21 bits per heavy atom. The average Bonchev–Trinajstić information content (AvgIpc) is 4.09. The number of rotatable bonds is 21. The first-order chi connectivity index (χ1) is 36.4. The van der Waals surface area contributed by atoms with Gasteiger partial charge in [0, 0.05) is 38.3 Å². The van der Waals surface area contributed by atoms with Crippen LogP contribution in [0.2, 0.25) is 0 Å². The first-order valence-corrected chi connectivity index (χ1v) is 28.0. The van der Waals surface area contributed by atoms with Crippen LogP contribution in [0, 0.1) is 12.3 Å². The molecular weight excluding hydrogens is 997 g/mol. The van der Waals surface area contributed by atoms with Gasteiger partial charge in [-0.05, 0) is 125 Å². The first kappa shape index (κ1) is 58.0. The number of hydrogen-bond acceptors (Lipinski definition) is 11. The van der Waals surface area contributed by atoms with Crippen molar-refractivity contribution in [2.45, 2.75) is 187 Å². The van der Waals surface area contributed by atoms with Crippen LogP contribution in [0.5, 0.6) is 0 Å². The zero-order chi connectivity index (χ0) is 55.8. The highest BCUT2D eigenvalue weighted by molar-refractivity contribution is 7.13. The Balaban J connectivity index is 0.886. The van der Waals surface area contributed by atoms with Gasteiger partial charge in [-0.15, -0.1) is 11.3 Å². The fraction of sp³-hybridized carbons (Fsp3) is 0.525. The summed E-state index contributed by atoms with van der Waals surface area (Å²) in [6.45, 7) is 14.7. The molecule has 1 aromatic heterocycles. The number of aliphatic hydroxyl groups excluding tert-OH is 1. The summed E-state index contributed by atoms with van der Waals surface area (Å²) in [5.74, 6) is -2.23. The van der Waals surface area contributed by atoms with Crippen molar-refractivity contribution in [1.82, 2.24) is 31.2 Å². The van der Waals surface area contributed by atoms with Crippen molar-refractivity contribution in [2.24, 2.45) is 11.1 Å². The molecule has 0 radical (unpaired) electrons. The van der Waals surface area contributed by atoms with Gasteiger partial charge in [0.05, 0.1) is 33.9 Å². The lowest BCUT2D eigenvalue weighted by molar-refractivity contribution is -0.144. The third-order valence-corrected chi connectivity index (χ3v) is 15.7. The molecule has 3 aliphatic rings. The molecule has 7 amide bonds. The first-order valence-electron chi connectivity index (χ1n) is 27.1. The number of primary amides is 1. The number of carbonyl (C=O) groups excluding carboxylic acids is 7. The van der Waals surface area contributed by atoms with Crippen LogP contribution in [0.25, 0.3) is 10.4 Å². The normalized spacial score (nSPS) is 19.4. The van der Waals surface area contributed by atoms with Crippen molar-refractivity contribution in [3.63, 3.8) is 0 Å². The van der Waals surface area contributed by atoms with Gasteiger partial charge in [-0.25, -0.2) is 9.78 Å². The number of thiazole rings is 1. The number of β-amino-alcohol motifs (C(OH)–C–C–N with tert-alkyl or cyclic N) is 1. The van der Waals surface area contributed by atoms with Gasteiger partial charge in [0.15, 0.2) is 0 Å². The number of ether oxygens (including phenoxy) is 1. The molecule has 414 valence electrons. The molecule has 0 bridgehead atoms. The summed E-state index contributed by atoms with van der Waals surface area (Å²) in [5.41, 5.74) is 13.6. The molecule has 0 unspecified atom stereocenters. The lowest BCUT2D eigenvalue weighted by Gasteiger charge is -2.35. The molecule has 0 saturated carbocycles. The Morgan fingerprint density at radius 1 is 0.844 bits per heavy atom. The quantitative estimate of drug-likeness (QED) is 0.0464. The van der Waals surface area contributed by atoms with E-state index in [1.165, 1.54) is 9.80 Å². The van der Waals surface area contributed by atoms with Gasteiger partial charge in [-0.1, -0.05) is 93.9 Å². The van der Waals surface area contributed by atoms with E-state index in [9.17, 15) is 38.7 Å². The number of likely N-dealkylation sites (tertiary alicyclic amines) is 1. The Hall–Kier alpha value is -6.66. The molecule has 0 spiro atoms. The van der Waals surface area contributed by atoms with Gasteiger partial charge in [0.2, 0.25) is 35.4 Å². The Labute approximate surface area is 456 Å². The van der Waals surface area contributed by atoms with E-state index in [-0.39, 0.29) is 55.5 Å². The van der Waals surface area contributed by atoms with Gasteiger partial charge >= 0.3 is 6.09 Å². The van der Waals surface area contributed by atoms with Crippen molar-refractivity contribution < 1.29 is 43.4 Å². The number of carbonyl (C=O) groups is 7. The number of nitrogens with one attached hydrogen (secondary N) is 4. The predicted octanol–water partition coefficient (Wildman–Crippen LogP) is 7.07. The molecule has 1 saturated heterocycles. The van der Waals surface area contributed by atoms with Crippen LogP contribution in [-0.4, -0.2) is 105 Å². The number of nitrogens with two attached hydrogens (primary N) is 1. The summed E-state index contributed by atoms with van der Waals surface area (Å²) < 4.78 is 5.46. The third-order valence-electron chi connectivity index (χ3n) is 14.7. The Kier molecular flexibility index (Phi) is 19.0. The number of anilines is 1. The smallest absolute Gasteiger partial charge is 0.408 e. The maximum Gasteiger partial charge on any atom is 0.408 e. The lowest BCUT2D eigenvalue weighted by Crippen LogP contribution is -2.57. The molecule has 3 aromatic carbocycles. The van der Waals surface area contributed by atoms with Crippen molar-refractivity contribution >= 4 is 58.6 Å². The summed E-state index contributed by atoms with van der Waals surface area (Å²) >= 11 is 1.57. The van der Waals surface area contributed by atoms with Crippen LogP contribution in [0.1, 0.15) is 146 Å². The van der Waals surface area contributed by atoms with Crippen LogP contribution in [0.4, 0.5) is 10.5 Å². The molecule has 7 rings (SSSR count). The van der Waals surface area contributed by atoms with Crippen molar-refractivity contribution in [1.29, 1.82) is 0 Å². The lowest BCUT2D eigenvalue weighted by atomic mass is 9.85. The van der Waals surface area contributed by atoms with Crippen LogP contribution in [0.3, 0.4) is 0 Å². The Bertz CT molecular complexity index is 2780. The zero-order valence-electron chi connectivity index (χ0n) is 45.9. The van der Waals surface area contributed by atoms with E-state index >= 15 is 0 Å². The number of aromatic nitrogens is 1. The van der Waals surface area contributed by atoms with Gasteiger partial charge in [-0.2, -0.15) is 0 Å². The fourth-order valence-corrected chi connectivity index (χ4v) is 11.5. The predicted molar refractivity (Wildman–Crippen MR) is 297 cm³/mol. The summed E-state index contributed by atoms with van der Waals surface area (Å²) in [6.07, 6.45) is 4.41. The second kappa shape index (κ2) is 25.2. The van der Waals surface area contributed by atoms with Crippen LogP contribution >= 0.6 is 11.3 Å². The van der Waals surface area contributed by atoms with Crippen LogP contribution in [-0.2, 0) is 59.2 Å². The standard InChI is InChI=1S/C59H78N8O9S/c1-35(39-21-23-41(24-22-39)51-36(2)61-34-77-51)62-53(71)46-32-44(68)33-66(46)56(74)52(58(3,4)5)65-49(70)19-11-9-10-14-37-15-12-16-38(30-37)20-26-43(27-29-48(60)69)63-54(72)47-31-42-18-13-17-40-25-28-45(55(73)67(47)50(40)42)64-57(75)76-59(6,7)8/h12-13,15-18,21-24,30,34-35,43-47,52,68H,9-11,14,19-20,25-29,31-33H2,1-8H3,(H2,60,69)(H,62,71)(H,63,72)(H,64,75)(H,65,70)/t35-,43+,44+,45-,46-,47-,52+/m0/s1. The fourth-order valence-electron chi connectivity index (χ4n) is 10.6. The minimum absolute atomic E-state index is 0.0114. The average molecular weight is 1080 g/mol. The molecule has 7 atom stereocenters. The van der Waals surface area contributed by atoms with Gasteiger partial charge in [-0.3, -0.25) is 33.7 Å². The number of unbranched alkanes of at least 4 members (excludes halogenated alkanes) is 2. The molecule has 4 heterocycles. The number of aryl methyl sites for hydroxylation is 4. The van der Waals surface area contributed by atoms with E-state index in [1.54, 1.807) is 32.1 Å². The topological polar surface area (TPSA) is 242 Å². The molecule has 1 fully saturated rings. The number of hydrogen-bond donors (Lipinski definition) is 6. The van der Waals surface area contributed by atoms with E-state index in [2.05, 4.69) is 38.4 Å². The van der Waals surface area contributed by atoms with E-state index in [0.29, 0.717) is 50.6 Å². The Morgan fingerprint density at radius 2 is 1.53 bits per heavy atom. The molecule has 18 heteroatoms. The highest BCUT2D eigenvalue weighted by Gasteiger charge is 2.46. The van der Waals surface area contributed by atoms with Crippen molar-refractivity contribution in [3.8, 4) is 10.4 Å². The minimum Gasteiger partial charge on any atom is -0.444 e. The maximum absolute atomic E-state index is 14.3. The van der Waals surface area contributed by atoms with E-state index in [1.807, 2.05) is 94.7 Å².